The molecule has 0 aliphatic carbocycles. The molecule has 3 nitrogen and oxygen atoms in total. The van der Waals surface area contributed by atoms with E-state index in [1.807, 2.05) is 6.92 Å². The van der Waals surface area contributed by atoms with Crippen molar-refractivity contribution in [3.05, 3.63) is 0 Å². The Morgan fingerprint density at radius 3 is 3.08 bits per heavy atom. The number of carbonyl (C=O) groups is 1. The van der Waals surface area contributed by atoms with Gasteiger partial charge in [0.25, 0.3) is 0 Å². The SMILES string of the molecule is CC(C=O)CN1CCCNCC1. The van der Waals surface area contributed by atoms with Crippen molar-refractivity contribution in [1.82, 2.24) is 10.2 Å². The molecule has 12 heavy (non-hydrogen) atoms. The minimum atomic E-state index is 0.183. The maximum absolute atomic E-state index is 10.4. The number of aldehydes is 1. The first-order valence-electron chi connectivity index (χ1n) is 4.71. The molecular formula is C9H18N2O. The Labute approximate surface area is 74.1 Å². The van der Waals surface area contributed by atoms with Crippen molar-refractivity contribution in [2.75, 3.05) is 32.7 Å². The van der Waals surface area contributed by atoms with Crippen molar-refractivity contribution in [3.8, 4) is 0 Å². The van der Waals surface area contributed by atoms with E-state index in [4.69, 9.17) is 0 Å². The normalized spacial score (nSPS) is 23.1. The van der Waals surface area contributed by atoms with E-state index in [0.29, 0.717) is 0 Å². The summed E-state index contributed by atoms with van der Waals surface area (Å²) in [5, 5.41) is 3.34. The van der Waals surface area contributed by atoms with Gasteiger partial charge in [0.05, 0.1) is 0 Å². The highest BCUT2D eigenvalue weighted by Crippen LogP contribution is 1.99. The molecule has 0 aromatic carbocycles. The Morgan fingerprint density at radius 2 is 2.33 bits per heavy atom. The maximum atomic E-state index is 10.4. The van der Waals surface area contributed by atoms with Crippen LogP contribution >= 0.6 is 0 Å². The van der Waals surface area contributed by atoms with Gasteiger partial charge in [-0.2, -0.15) is 0 Å². The highest BCUT2D eigenvalue weighted by molar-refractivity contribution is 5.52. The van der Waals surface area contributed by atoms with E-state index in [-0.39, 0.29) is 5.92 Å². The fraction of sp³-hybridized carbons (Fsp3) is 0.889. The molecule has 1 aliphatic rings. The van der Waals surface area contributed by atoms with Gasteiger partial charge in [0.1, 0.15) is 6.29 Å². The first-order chi connectivity index (χ1) is 5.83. The molecule has 1 fully saturated rings. The molecule has 0 bridgehead atoms. The molecule has 0 aromatic heterocycles. The Kier molecular flexibility index (Phi) is 4.25. The summed E-state index contributed by atoms with van der Waals surface area (Å²) in [6.07, 6.45) is 2.24. The van der Waals surface area contributed by atoms with Crippen LogP contribution in [0.3, 0.4) is 0 Å². The van der Waals surface area contributed by atoms with Crippen molar-refractivity contribution >= 4 is 6.29 Å². The van der Waals surface area contributed by atoms with Crippen LogP contribution in [0.15, 0.2) is 0 Å². The quantitative estimate of drug-likeness (QED) is 0.610. The van der Waals surface area contributed by atoms with Gasteiger partial charge in [0.15, 0.2) is 0 Å². The van der Waals surface area contributed by atoms with E-state index in [1.165, 1.54) is 6.42 Å². The van der Waals surface area contributed by atoms with Crippen molar-refractivity contribution in [2.24, 2.45) is 5.92 Å². The van der Waals surface area contributed by atoms with E-state index in [0.717, 1.165) is 39.0 Å². The Balaban J connectivity index is 2.24. The van der Waals surface area contributed by atoms with Gasteiger partial charge < -0.3 is 15.0 Å². The molecule has 3 heteroatoms. The van der Waals surface area contributed by atoms with E-state index < -0.39 is 0 Å². The van der Waals surface area contributed by atoms with Gasteiger partial charge in [-0.05, 0) is 19.5 Å². The zero-order chi connectivity index (χ0) is 8.81. The van der Waals surface area contributed by atoms with Gasteiger partial charge in [0.2, 0.25) is 0 Å². The topological polar surface area (TPSA) is 32.3 Å². The van der Waals surface area contributed by atoms with Crippen LogP contribution in [-0.4, -0.2) is 43.9 Å². The number of rotatable bonds is 3. The number of carbonyl (C=O) groups excluding carboxylic acids is 1. The molecule has 0 spiro atoms. The van der Waals surface area contributed by atoms with Crippen molar-refractivity contribution in [3.63, 3.8) is 0 Å². The summed E-state index contributed by atoms with van der Waals surface area (Å²) in [7, 11) is 0. The lowest BCUT2D eigenvalue weighted by Gasteiger charge is -2.20. The molecule has 0 radical (unpaired) electrons. The molecule has 1 N–H and O–H groups in total. The van der Waals surface area contributed by atoms with Crippen LogP contribution in [0.5, 0.6) is 0 Å². The van der Waals surface area contributed by atoms with Crippen LogP contribution < -0.4 is 5.32 Å². The van der Waals surface area contributed by atoms with Gasteiger partial charge in [-0.3, -0.25) is 0 Å². The predicted octanol–water partition coefficient (Wildman–Crippen LogP) is 0.117. The molecule has 1 heterocycles. The third kappa shape index (κ3) is 3.32. The predicted molar refractivity (Wildman–Crippen MR) is 49.2 cm³/mol. The lowest BCUT2D eigenvalue weighted by atomic mass is 10.2. The molecular weight excluding hydrogens is 152 g/mol. The first-order valence-corrected chi connectivity index (χ1v) is 4.71. The van der Waals surface area contributed by atoms with Crippen LogP contribution in [0.4, 0.5) is 0 Å². The summed E-state index contributed by atoms with van der Waals surface area (Å²) in [4.78, 5) is 12.8. The fourth-order valence-electron chi connectivity index (χ4n) is 1.53. The number of nitrogens with one attached hydrogen (secondary N) is 1. The Bertz CT molecular complexity index is 130. The van der Waals surface area contributed by atoms with E-state index in [2.05, 4.69) is 10.2 Å². The van der Waals surface area contributed by atoms with Crippen LogP contribution in [0, 0.1) is 5.92 Å². The molecule has 1 saturated heterocycles. The Hall–Kier alpha value is -0.410. The van der Waals surface area contributed by atoms with E-state index in [9.17, 15) is 4.79 Å². The summed E-state index contributed by atoms with van der Waals surface area (Å²) in [5.74, 6) is 0.183. The molecule has 0 saturated carbocycles. The average Bonchev–Trinajstić information content (AvgIpc) is 2.33. The molecule has 1 unspecified atom stereocenters. The number of hydrogen-bond donors (Lipinski definition) is 1. The summed E-state index contributed by atoms with van der Waals surface area (Å²) >= 11 is 0. The van der Waals surface area contributed by atoms with Crippen LogP contribution in [0.2, 0.25) is 0 Å². The fourth-order valence-corrected chi connectivity index (χ4v) is 1.53. The molecule has 70 valence electrons. The highest BCUT2D eigenvalue weighted by atomic mass is 16.1. The summed E-state index contributed by atoms with van der Waals surface area (Å²) < 4.78 is 0. The van der Waals surface area contributed by atoms with Crippen LogP contribution in [0.25, 0.3) is 0 Å². The summed E-state index contributed by atoms with van der Waals surface area (Å²) in [6, 6.07) is 0. The molecule has 1 atom stereocenters. The number of nitrogens with zero attached hydrogens (tertiary/aromatic N) is 1. The molecule has 0 aromatic rings. The van der Waals surface area contributed by atoms with Crippen LogP contribution in [-0.2, 0) is 4.79 Å². The van der Waals surface area contributed by atoms with Gasteiger partial charge >= 0.3 is 0 Å². The minimum absolute atomic E-state index is 0.183. The zero-order valence-corrected chi connectivity index (χ0v) is 7.75. The van der Waals surface area contributed by atoms with Crippen LogP contribution in [0.1, 0.15) is 13.3 Å². The zero-order valence-electron chi connectivity index (χ0n) is 7.75. The monoisotopic (exact) mass is 170 g/mol. The second-order valence-corrected chi connectivity index (χ2v) is 3.52. The molecule has 1 aliphatic heterocycles. The van der Waals surface area contributed by atoms with Gasteiger partial charge in [-0.15, -0.1) is 0 Å². The van der Waals surface area contributed by atoms with Gasteiger partial charge in [-0.25, -0.2) is 0 Å². The summed E-state index contributed by atoms with van der Waals surface area (Å²) in [5.41, 5.74) is 0. The largest absolute Gasteiger partial charge is 0.315 e. The second-order valence-electron chi connectivity index (χ2n) is 3.52. The Morgan fingerprint density at radius 1 is 1.50 bits per heavy atom. The van der Waals surface area contributed by atoms with E-state index >= 15 is 0 Å². The lowest BCUT2D eigenvalue weighted by Crippen LogP contribution is -2.32. The standard InChI is InChI=1S/C9H18N2O/c1-9(8-12)7-11-5-2-3-10-4-6-11/h8-10H,2-7H2,1H3. The third-order valence-corrected chi connectivity index (χ3v) is 2.21. The molecule has 0 amide bonds. The van der Waals surface area contributed by atoms with E-state index in [1.54, 1.807) is 0 Å². The van der Waals surface area contributed by atoms with Crippen molar-refractivity contribution in [2.45, 2.75) is 13.3 Å². The smallest absolute Gasteiger partial charge is 0.124 e. The van der Waals surface area contributed by atoms with Crippen molar-refractivity contribution in [1.29, 1.82) is 0 Å². The maximum Gasteiger partial charge on any atom is 0.124 e. The minimum Gasteiger partial charge on any atom is -0.315 e. The second kappa shape index (κ2) is 5.27. The van der Waals surface area contributed by atoms with Gasteiger partial charge in [0, 0.05) is 25.6 Å². The highest BCUT2D eigenvalue weighted by Gasteiger charge is 2.10. The average molecular weight is 170 g/mol. The van der Waals surface area contributed by atoms with Crippen molar-refractivity contribution < 1.29 is 4.79 Å². The van der Waals surface area contributed by atoms with Gasteiger partial charge in [-0.1, -0.05) is 6.92 Å². The first kappa shape index (κ1) is 9.68. The summed E-state index contributed by atoms with van der Waals surface area (Å²) in [6.45, 7) is 7.29. The molecule has 1 rings (SSSR count). The third-order valence-electron chi connectivity index (χ3n) is 2.21. The lowest BCUT2D eigenvalue weighted by molar-refractivity contribution is -0.111. The number of hydrogen-bond acceptors (Lipinski definition) is 3.